The van der Waals surface area contributed by atoms with Gasteiger partial charge in [-0.15, -0.1) is 0 Å². The van der Waals surface area contributed by atoms with Gasteiger partial charge in [0.1, 0.15) is 5.75 Å². The van der Waals surface area contributed by atoms with Gasteiger partial charge in [-0.2, -0.15) is 0 Å². The molecule has 5 nitrogen and oxygen atoms in total. The number of nitrogens with zero attached hydrogens (tertiary/aromatic N) is 2. The minimum atomic E-state index is 0.00906. The van der Waals surface area contributed by atoms with Gasteiger partial charge in [0.15, 0.2) is 0 Å². The minimum Gasteiger partial charge on any atom is -0.494 e. The molecular formula is C19H24N2O3S. The lowest BCUT2D eigenvalue weighted by atomic mass is 10.0. The molecule has 0 bridgehead atoms. The van der Waals surface area contributed by atoms with Crippen molar-refractivity contribution in [3.8, 4) is 5.75 Å². The number of likely N-dealkylation sites (tertiary alicyclic amines) is 1. The zero-order valence-corrected chi connectivity index (χ0v) is 15.6. The fourth-order valence-electron chi connectivity index (χ4n) is 3.39. The summed E-state index contributed by atoms with van der Waals surface area (Å²) in [5, 5.41) is 1.84. The van der Waals surface area contributed by atoms with Crippen LogP contribution in [0.2, 0.25) is 0 Å². The number of thiazole rings is 1. The molecule has 2 aromatic rings. The van der Waals surface area contributed by atoms with Crippen LogP contribution in [0.25, 0.3) is 0 Å². The first kappa shape index (κ1) is 17.7. The van der Waals surface area contributed by atoms with Crippen LogP contribution in [0.15, 0.2) is 34.4 Å². The molecule has 0 aliphatic carbocycles. The van der Waals surface area contributed by atoms with E-state index >= 15 is 0 Å². The smallest absolute Gasteiger partial charge is 0.307 e. The number of aryl methyl sites for hydroxylation is 1. The predicted molar refractivity (Wildman–Crippen MR) is 99.2 cm³/mol. The van der Waals surface area contributed by atoms with E-state index < -0.39 is 0 Å². The van der Waals surface area contributed by atoms with Crippen molar-refractivity contribution in [3.05, 3.63) is 50.6 Å². The molecule has 134 valence electrons. The number of benzene rings is 1. The second kappa shape index (κ2) is 7.87. The first-order valence-corrected chi connectivity index (χ1v) is 9.65. The molecule has 3 rings (SSSR count). The quantitative estimate of drug-likeness (QED) is 0.794. The van der Waals surface area contributed by atoms with E-state index in [-0.39, 0.29) is 16.8 Å². The number of aromatic nitrogens is 1. The summed E-state index contributed by atoms with van der Waals surface area (Å²) < 4.78 is 7.17. The number of amides is 1. The van der Waals surface area contributed by atoms with E-state index in [0.717, 1.165) is 36.4 Å². The second-order valence-corrected chi connectivity index (χ2v) is 7.11. The summed E-state index contributed by atoms with van der Waals surface area (Å²) in [7, 11) is 0. The van der Waals surface area contributed by atoms with Crippen LogP contribution < -0.4 is 9.61 Å². The zero-order valence-electron chi connectivity index (χ0n) is 14.7. The molecule has 1 fully saturated rings. The van der Waals surface area contributed by atoms with E-state index in [1.807, 2.05) is 36.3 Å². The Morgan fingerprint density at radius 2 is 2.08 bits per heavy atom. The first-order valence-electron chi connectivity index (χ1n) is 8.77. The summed E-state index contributed by atoms with van der Waals surface area (Å²) in [6.45, 7) is 5.76. The average Bonchev–Trinajstić information content (AvgIpc) is 3.21. The summed E-state index contributed by atoms with van der Waals surface area (Å²) in [4.78, 5) is 26.5. The number of ether oxygens (including phenoxy) is 1. The Balaban J connectivity index is 1.66. The number of hydrogen-bond donors (Lipinski definition) is 0. The van der Waals surface area contributed by atoms with Crippen LogP contribution in [0.3, 0.4) is 0 Å². The Hall–Kier alpha value is -2.08. The lowest BCUT2D eigenvalue weighted by molar-refractivity contribution is -0.132. The summed E-state index contributed by atoms with van der Waals surface area (Å²) in [5.41, 5.74) is 2.07. The minimum absolute atomic E-state index is 0.00906. The van der Waals surface area contributed by atoms with E-state index in [1.54, 1.807) is 4.57 Å². The van der Waals surface area contributed by atoms with Crippen molar-refractivity contribution in [2.75, 3.05) is 13.2 Å². The van der Waals surface area contributed by atoms with Gasteiger partial charge < -0.3 is 14.2 Å². The Kier molecular flexibility index (Phi) is 5.58. The van der Waals surface area contributed by atoms with Crippen LogP contribution in [0, 0.1) is 6.92 Å². The van der Waals surface area contributed by atoms with Crippen molar-refractivity contribution in [2.24, 2.45) is 0 Å². The molecule has 1 aliphatic rings. The van der Waals surface area contributed by atoms with Crippen molar-refractivity contribution in [1.29, 1.82) is 0 Å². The maximum atomic E-state index is 12.7. The molecule has 6 heteroatoms. The molecule has 0 N–H and O–H groups in total. The molecule has 2 heterocycles. The average molecular weight is 360 g/mol. The van der Waals surface area contributed by atoms with Crippen LogP contribution in [0.5, 0.6) is 5.75 Å². The molecule has 1 aliphatic heterocycles. The van der Waals surface area contributed by atoms with Crippen LogP contribution in [0.4, 0.5) is 0 Å². The highest BCUT2D eigenvalue weighted by atomic mass is 32.1. The van der Waals surface area contributed by atoms with Crippen molar-refractivity contribution < 1.29 is 9.53 Å². The summed E-state index contributed by atoms with van der Waals surface area (Å²) in [5.74, 6) is 0.975. The second-order valence-electron chi connectivity index (χ2n) is 6.29. The number of carbonyl (C=O) groups is 1. The van der Waals surface area contributed by atoms with Gasteiger partial charge in [-0.25, -0.2) is 0 Å². The standard InChI is InChI=1S/C19H24N2O3S/c1-3-24-16-8-6-15(7-9-16)17-5-4-11-21(17)18(22)10-12-20-14(2)13-25-19(20)23/h6-9,13,17H,3-5,10-12H2,1-2H3. The van der Waals surface area contributed by atoms with Gasteiger partial charge in [-0.05, 0) is 44.4 Å². The third-order valence-electron chi connectivity index (χ3n) is 4.67. The lowest BCUT2D eigenvalue weighted by Crippen LogP contribution is -2.32. The van der Waals surface area contributed by atoms with E-state index in [4.69, 9.17) is 4.74 Å². The topological polar surface area (TPSA) is 51.5 Å². The van der Waals surface area contributed by atoms with E-state index in [1.165, 1.54) is 11.3 Å². The van der Waals surface area contributed by atoms with Gasteiger partial charge in [0.05, 0.1) is 12.6 Å². The fourth-order valence-corrected chi connectivity index (χ4v) is 4.15. The van der Waals surface area contributed by atoms with Crippen LogP contribution in [-0.4, -0.2) is 28.5 Å². The molecule has 0 spiro atoms. The number of hydrogen-bond acceptors (Lipinski definition) is 4. The third-order valence-corrected chi connectivity index (χ3v) is 5.56. The molecule has 0 saturated carbocycles. The Bertz CT molecular complexity index is 779. The fraction of sp³-hybridized carbons (Fsp3) is 0.474. The normalized spacial score (nSPS) is 17.0. The number of rotatable bonds is 6. The molecule has 1 atom stereocenters. The third kappa shape index (κ3) is 3.95. The van der Waals surface area contributed by atoms with E-state index in [0.29, 0.717) is 19.6 Å². The Morgan fingerprint density at radius 1 is 1.32 bits per heavy atom. The van der Waals surface area contributed by atoms with Gasteiger partial charge in [0.2, 0.25) is 5.91 Å². The van der Waals surface area contributed by atoms with Gasteiger partial charge in [-0.1, -0.05) is 23.5 Å². The van der Waals surface area contributed by atoms with E-state index in [9.17, 15) is 9.59 Å². The zero-order chi connectivity index (χ0) is 17.8. The number of carbonyl (C=O) groups excluding carboxylic acids is 1. The monoisotopic (exact) mass is 360 g/mol. The maximum Gasteiger partial charge on any atom is 0.307 e. The molecule has 1 amide bonds. The Labute approximate surface area is 151 Å². The predicted octanol–water partition coefficient (Wildman–Crippen LogP) is 3.37. The molecule has 25 heavy (non-hydrogen) atoms. The highest BCUT2D eigenvalue weighted by Gasteiger charge is 2.29. The molecular weight excluding hydrogens is 336 g/mol. The van der Waals surface area contributed by atoms with Gasteiger partial charge in [0.25, 0.3) is 0 Å². The molecule has 1 aromatic heterocycles. The van der Waals surface area contributed by atoms with E-state index in [2.05, 4.69) is 12.1 Å². The van der Waals surface area contributed by atoms with Crippen LogP contribution in [-0.2, 0) is 11.3 Å². The molecule has 1 unspecified atom stereocenters. The maximum absolute atomic E-state index is 12.7. The molecule has 1 saturated heterocycles. The van der Waals surface area contributed by atoms with Crippen LogP contribution >= 0.6 is 11.3 Å². The van der Waals surface area contributed by atoms with Gasteiger partial charge in [-0.3, -0.25) is 9.59 Å². The molecule has 0 radical (unpaired) electrons. The largest absolute Gasteiger partial charge is 0.494 e. The van der Waals surface area contributed by atoms with Crippen molar-refractivity contribution >= 4 is 17.2 Å². The summed E-state index contributed by atoms with van der Waals surface area (Å²) in [6, 6.07) is 8.16. The van der Waals surface area contributed by atoms with Gasteiger partial charge >= 0.3 is 4.87 Å². The summed E-state index contributed by atoms with van der Waals surface area (Å²) >= 11 is 1.19. The highest BCUT2D eigenvalue weighted by Crippen LogP contribution is 2.33. The summed E-state index contributed by atoms with van der Waals surface area (Å²) in [6.07, 6.45) is 2.36. The van der Waals surface area contributed by atoms with Crippen molar-refractivity contribution in [2.45, 2.75) is 45.7 Å². The first-order chi connectivity index (χ1) is 12.1. The van der Waals surface area contributed by atoms with Crippen molar-refractivity contribution in [1.82, 2.24) is 9.47 Å². The SMILES string of the molecule is CCOc1ccc(C2CCCN2C(=O)CCn2c(C)csc2=O)cc1. The van der Waals surface area contributed by atoms with Gasteiger partial charge in [0, 0.05) is 30.6 Å². The van der Waals surface area contributed by atoms with Crippen LogP contribution in [0.1, 0.15) is 43.5 Å². The Morgan fingerprint density at radius 3 is 2.72 bits per heavy atom. The molecule has 1 aromatic carbocycles. The lowest BCUT2D eigenvalue weighted by Gasteiger charge is -2.25. The van der Waals surface area contributed by atoms with Crippen molar-refractivity contribution in [3.63, 3.8) is 0 Å². The highest BCUT2D eigenvalue weighted by molar-refractivity contribution is 7.07.